The molecular weight excluding hydrogens is 401 g/mol. The highest BCUT2D eigenvalue weighted by atomic mass is 79.9. The molecule has 0 saturated carbocycles. The molecule has 0 spiro atoms. The molecule has 1 unspecified atom stereocenters. The van der Waals surface area contributed by atoms with Crippen molar-refractivity contribution in [2.45, 2.75) is 16.8 Å². The van der Waals surface area contributed by atoms with Gasteiger partial charge in [-0.2, -0.15) is 13.2 Å². The smallest absolute Gasteiger partial charge is 0.390 e. The summed E-state index contributed by atoms with van der Waals surface area (Å²) in [5.41, 5.74) is -0.331. The van der Waals surface area contributed by atoms with Gasteiger partial charge in [0.2, 0.25) is 0 Å². The van der Waals surface area contributed by atoms with Gasteiger partial charge in [-0.25, -0.2) is 13.2 Å². The van der Waals surface area contributed by atoms with E-state index in [2.05, 4.69) is 15.9 Å². The van der Waals surface area contributed by atoms with E-state index >= 15 is 0 Å². The zero-order valence-electron chi connectivity index (χ0n) is 10.2. The second-order valence-electron chi connectivity index (χ2n) is 4.09. The number of rotatable bonds is 5. The normalized spacial score (nSPS) is 15.5. The van der Waals surface area contributed by atoms with Gasteiger partial charge in [0.25, 0.3) is 4.21 Å². The van der Waals surface area contributed by atoms with Crippen molar-refractivity contribution in [1.82, 2.24) is 0 Å². The number of alkyl halides is 4. The van der Waals surface area contributed by atoms with Crippen LogP contribution in [0.1, 0.15) is 12.0 Å². The predicted molar refractivity (Wildman–Crippen MR) is 73.8 cm³/mol. The zero-order chi connectivity index (χ0) is 16.5. The number of halogens is 5. The number of carbonyl (C=O) groups is 1. The van der Waals surface area contributed by atoms with Gasteiger partial charge in [0.15, 0.2) is 9.84 Å². The Morgan fingerprint density at radius 2 is 1.71 bits per heavy atom. The molecule has 21 heavy (non-hydrogen) atoms. The van der Waals surface area contributed by atoms with Crippen LogP contribution in [0, 0.1) is 0 Å². The van der Waals surface area contributed by atoms with Crippen LogP contribution in [0.2, 0.25) is 0 Å². The molecule has 0 radical (unpaired) electrons. The second-order valence-corrected chi connectivity index (χ2v) is 8.05. The number of hydrogen-bond acceptors (Lipinski definition) is 3. The highest BCUT2D eigenvalue weighted by Gasteiger charge is 2.52. The summed E-state index contributed by atoms with van der Waals surface area (Å²) in [6.07, 6.45) is -6.41. The minimum Gasteiger partial charge on any atom is -0.479 e. The predicted octanol–water partition coefficient (Wildman–Crippen LogP) is 3.29. The van der Waals surface area contributed by atoms with Gasteiger partial charge < -0.3 is 5.11 Å². The highest BCUT2D eigenvalue weighted by molar-refractivity contribution is 9.10. The first-order chi connectivity index (χ1) is 9.40. The van der Waals surface area contributed by atoms with Crippen LogP contribution in [0.4, 0.5) is 13.2 Å². The number of aliphatic carboxylic acids is 1. The van der Waals surface area contributed by atoms with E-state index in [9.17, 15) is 26.4 Å². The third-order valence-corrected chi connectivity index (χ3v) is 6.20. The molecule has 1 rings (SSSR count). The van der Waals surface area contributed by atoms with Gasteiger partial charge in [0, 0.05) is 4.47 Å². The zero-order valence-corrected chi connectivity index (χ0v) is 13.4. The lowest BCUT2D eigenvalue weighted by atomic mass is 10.1. The molecule has 0 aliphatic rings. The summed E-state index contributed by atoms with van der Waals surface area (Å²) in [6, 6.07) is 4.93. The fourth-order valence-corrected chi connectivity index (χ4v) is 3.66. The first kappa shape index (κ1) is 18.2. The molecule has 10 heteroatoms. The molecule has 0 fully saturated rings. The average Bonchev–Trinajstić information content (AvgIpc) is 2.35. The summed E-state index contributed by atoms with van der Waals surface area (Å²) in [7, 11) is -4.79. The molecule has 0 saturated heterocycles. The number of benzene rings is 1. The van der Waals surface area contributed by atoms with Crippen LogP contribution >= 0.6 is 27.5 Å². The Hall–Kier alpha value is -0.800. The number of carboxylic acids is 1. The van der Waals surface area contributed by atoms with Gasteiger partial charge in [-0.3, -0.25) is 0 Å². The van der Waals surface area contributed by atoms with Crippen LogP contribution < -0.4 is 0 Å². The Bertz CT molecular complexity index is 630. The lowest BCUT2D eigenvalue weighted by molar-refractivity contribution is -0.138. The number of carboxylic acid groups (broad SMARTS) is 1. The SMILES string of the molecule is O=C(O)C(Cl)(c1ccc(Br)cc1)S(=O)(=O)CCC(F)(F)F. The van der Waals surface area contributed by atoms with Gasteiger partial charge in [-0.1, -0.05) is 39.7 Å². The maximum absolute atomic E-state index is 12.2. The quantitative estimate of drug-likeness (QED) is 0.758. The van der Waals surface area contributed by atoms with E-state index in [-0.39, 0.29) is 5.56 Å². The third-order valence-electron chi connectivity index (χ3n) is 2.57. The fraction of sp³-hybridized carbons (Fsp3) is 0.364. The molecule has 0 heterocycles. The minimum atomic E-state index is -4.79. The summed E-state index contributed by atoms with van der Waals surface area (Å²) < 4.78 is 58.1. The topological polar surface area (TPSA) is 71.4 Å². The van der Waals surface area contributed by atoms with E-state index in [1.807, 2.05) is 0 Å². The summed E-state index contributed by atoms with van der Waals surface area (Å²) in [6.45, 7) is 0. The fourth-order valence-electron chi connectivity index (χ4n) is 1.49. The van der Waals surface area contributed by atoms with E-state index in [1.165, 1.54) is 12.1 Å². The first-order valence-electron chi connectivity index (χ1n) is 5.37. The average molecular weight is 410 g/mol. The van der Waals surface area contributed by atoms with Crippen molar-refractivity contribution in [3.8, 4) is 0 Å². The largest absolute Gasteiger partial charge is 0.479 e. The molecule has 1 aromatic rings. The van der Waals surface area contributed by atoms with Crippen LogP contribution in [0.5, 0.6) is 0 Å². The van der Waals surface area contributed by atoms with Crippen molar-refractivity contribution in [3.05, 3.63) is 34.3 Å². The van der Waals surface area contributed by atoms with Gasteiger partial charge >= 0.3 is 12.1 Å². The van der Waals surface area contributed by atoms with E-state index in [0.717, 1.165) is 12.1 Å². The lowest BCUT2D eigenvalue weighted by Gasteiger charge is -2.23. The van der Waals surface area contributed by atoms with Gasteiger partial charge in [0.05, 0.1) is 12.2 Å². The van der Waals surface area contributed by atoms with Gasteiger partial charge in [-0.05, 0) is 17.7 Å². The molecule has 1 aromatic carbocycles. The van der Waals surface area contributed by atoms with Crippen LogP contribution in [0.15, 0.2) is 28.7 Å². The van der Waals surface area contributed by atoms with E-state index in [0.29, 0.717) is 4.47 Å². The van der Waals surface area contributed by atoms with Crippen molar-refractivity contribution in [2.24, 2.45) is 0 Å². The summed E-state index contributed by atoms with van der Waals surface area (Å²) in [4.78, 5) is 11.3. The molecule has 4 nitrogen and oxygen atoms in total. The van der Waals surface area contributed by atoms with Crippen molar-refractivity contribution < 1.29 is 31.5 Å². The molecule has 0 aromatic heterocycles. The summed E-state index contributed by atoms with van der Waals surface area (Å²) >= 11 is 8.77. The molecule has 0 amide bonds. The van der Waals surface area contributed by atoms with E-state index < -0.39 is 38.4 Å². The van der Waals surface area contributed by atoms with Crippen molar-refractivity contribution >= 4 is 43.3 Å². The van der Waals surface area contributed by atoms with E-state index in [1.54, 1.807) is 0 Å². The van der Waals surface area contributed by atoms with Crippen LogP contribution in [0.25, 0.3) is 0 Å². The van der Waals surface area contributed by atoms with Crippen molar-refractivity contribution in [2.75, 3.05) is 5.75 Å². The van der Waals surface area contributed by atoms with Crippen LogP contribution in [0.3, 0.4) is 0 Å². The monoisotopic (exact) mass is 408 g/mol. The Balaban J connectivity index is 3.28. The molecule has 0 aliphatic heterocycles. The molecular formula is C11H9BrClF3O4S. The standard InChI is InChI=1S/C11H9BrClF3O4S/c12-8-3-1-7(2-4-8)11(13,9(17)18)21(19,20)6-5-10(14,15)16/h1-4H,5-6H2,(H,17,18). The highest BCUT2D eigenvalue weighted by Crippen LogP contribution is 2.38. The van der Waals surface area contributed by atoms with Crippen LogP contribution in [-0.2, 0) is 18.8 Å². The third kappa shape index (κ3) is 4.10. The lowest BCUT2D eigenvalue weighted by Crippen LogP contribution is -2.40. The molecule has 1 N–H and O–H groups in total. The Labute approximate surface area is 132 Å². The van der Waals surface area contributed by atoms with Crippen LogP contribution in [-0.4, -0.2) is 31.4 Å². The summed E-state index contributed by atoms with van der Waals surface area (Å²) in [5, 5.41) is 9.12. The van der Waals surface area contributed by atoms with Crippen molar-refractivity contribution in [1.29, 1.82) is 0 Å². The Morgan fingerprint density at radius 3 is 2.10 bits per heavy atom. The summed E-state index contributed by atoms with van der Waals surface area (Å²) in [5.74, 6) is -3.36. The van der Waals surface area contributed by atoms with E-state index in [4.69, 9.17) is 16.7 Å². The first-order valence-corrected chi connectivity index (χ1v) is 8.20. The number of hydrogen-bond donors (Lipinski definition) is 1. The van der Waals surface area contributed by atoms with Gasteiger partial charge in [0.1, 0.15) is 0 Å². The minimum absolute atomic E-state index is 0.331. The maximum Gasteiger partial charge on any atom is 0.390 e. The van der Waals surface area contributed by atoms with Crippen molar-refractivity contribution in [3.63, 3.8) is 0 Å². The Morgan fingerprint density at radius 1 is 1.24 bits per heavy atom. The molecule has 0 bridgehead atoms. The molecule has 118 valence electrons. The molecule has 0 aliphatic carbocycles. The Kier molecular flexibility index (Phi) is 5.33. The van der Waals surface area contributed by atoms with Gasteiger partial charge in [-0.15, -0.1) is 0 Å². The second kappa shape index (κ2) is 6.13. The number of sulfone groups is 1. The maximum atomic E-state index is 12.2. The molecule has 1 atom stereocenters.